The fourth-order valence-corrected chi connectivity index (χ4v) is 1.67. The topological polar surface area (TPSA) is 58.6 Å². The fraction of sp³-hybridized carbons (Fsp3) is 0. The van der Waals surface area contributed by atoms with E-state index < -0.39 is 0 Å². The summed E-state index contributed by atoms with van der Waals surface area (Å²) in [4.78, 5) is 22.4. The molecule has 0 bridgehead atoms. The molecule has 1 aromatic carbocycles. The van der Waals surface area contributed by atoms with Crippen LogP contribution < -0.4 is 5.56 Å². The number of H-pyrrole nitrogens is 1. The van der Waals surface area contributed by atoms with Gasteiger partial charge in [0.25, 0.3) is 0 Å². The van der Waals surface area contributed by atoms with Gasteiger partial charge in [0.15, 0.2) is 0 Å². The van der Waals surface area contributed by atoms with Crippen LogP contribution in [0.3, 0.4) is 0 Å². The number of aromatic amines is 1. The van der Waals surface area contributed by atoms with Crippen LogP contribution in [0.4, 0.5) is 0 Å². The Morgan fingerprint density at radius 3 is 2.59 bits per heavy atom. The second-order valence-electron chi connectivity index (χ2n) is 3.69. The maximum atomic E-state index is 11.0. The number of rotatable bonds is 1. The van der Waals surface area contributed by atoms with Crippen LogP contribution >= 0.6 is 0 Å². The van der Waals surface area contributed by atoms with Gasteiger partial charge >= 0.3 is 0 Å². The smallest absolute Gasteiger partial charge is 0.247 e. The Morgan fingerprint density at radius 2 is 1.82 bits per heavy atom. The first kappa shape index (κ1) is 9.72. The van der Waals surface area contributed by atoms with Crippen molar-refractivity contribution in [1.29, 1.82) is 0 Å². The first-order chi connectivity index (χ1) is 8.33. The lowest BCUT2D eigenvalue weighted by Gasteiger charge is -2.01. The second-order valence-corrected chi connectivity index (χ2v) is 3.69. The van der Waals surface area contributed by atoms with Crippen LogP contribution in [-0.4, -0.2) is 15.0 Å². The molecule has 4 nitrogen and oxygen atoms in total. The number of fused-ring (bicyclic) bond motifs is 1. The molecule has 3 aromatic rings. The highest BCUT2D eigenvalue weighted by molar-refractivity contribution is 5.76. The number of para-hydroxylation sites is 2. The zero-order valence-corrected chi connectivity index (χ0v) is 8.92. The summed E-state index contributed by atoms with van der Waals surface area (Å²) < 4.78 is 0. The number of aromatic nitrogens is 3. The molecule has 0 aliphatic heterocycles. The summed E-state index contributed by atoms with van der Waals surface area (Å²) in [5.41, 5.74) is 3.18. The molecule has 0 saturated carbocycles. The minimum atomic E-state index is -0.123. The van der Waals surface area contributed by atoms with Gasteiger partial charge in [-0.1, -0.05) is 12.1 Å². The van der Waals surface area contributed by atoms with Crippen molar-refractivity contribution in [2.45, 2.75) is 0 Å². The molecule has 0 unspecified atom stereocenters. The van der Waals surface area contributed by atoms with E-state index in [0.29, 0.717) is 0 Å². The second kappa shape index (κ2) is 3.83. The monoisotopic (exact) mass is 223 g/mol. The van der Waals surface area contributed by atoms with Crippen molar-refractivity contribution in [1.82, 2.24) is 15.0 Å². The van der Waals surface area contributed by atoms with Gasteiger partial charge in [0, 0.05) is 17.8 Å². The minimum absolute atomic E-state index is 0.123. The van der Waals surface area contributed by atoms with E-state index in [0.717, 1.165) is 22.3 Å². The fourth-order valence-electron chi connectivity index (χ4n) is 1.67. The van der Waals surface area contributed by atoms with E-state index in [4.69, 9.17) is 0 Å². The molecular weight excluding hydrogens is 214 g/mol. The van der Waals surface area contributed by atoms with Crippen molar-refractivity contribution in [3.63, 3.8) is 0 Å². The Labute approximate surface area is 97.0 Å². The van der Waals surface area contributed by atoms with Crippen LogP contribution in [0, 0.1) is 0 Å². The number of hydrogen-bond acceptors (Lipinski definition) is 3. The average Bonchev–Trinajstić information content (AvgIpc) is 2.39. The lowest BCUT2D eigenvalue weighted by molar-refractivity contribution is 1.22. The Balaban J connectivity index is 2.17. The average molecular weight is 223 g/mol. The molecule has 0 saturated heterocycles. The molecule has 3 rings (SSSR count). The van der Waals surface area contributed by atoms with E-state index in [1.54, 1.807) is 18.5 Å². The third-order valence-electron chi connectivity index (χ3n) is 2.53. The van der Waals surface area contributed by atoms with Crippen LogP contribution in [-0.2, 0) is 0 Å². The predicted molar refractivity (Wildman–Crippen MR) is 65.6 cm³/mol. The highest BCUT2D eigenvalue weighted by Gasteiger charge is 2.01. The minimum Gasteiger partial charge on any atom is -0.328 e. The van der Waals surface area contributed by atoms with Gasteiger partial charge in [0.1, 0.15) is 0 Å². The zero-order chi connectivity index (χ0) is 11.7. The number of pyridine rings is 1. The summed E-state index contributed by atoms with van der Waals surface area (Å²) in [5, 5.41) is 0. The quantitative estimate of drug-likeness (QED) is 0.686. The van der Waals surface area contributed by atoms with Gasteiger partial charge < -0.3 is 4.98 Å². The van der Waals surface area contributed by atoms with E-state index >= 15 is 0 Å². The summed E-state index contributed by atoms with van der Waals surface area (Å²) >= 11 is 0. The van der Waals surface area contributed by atoms with Gasteiger partial charge in [-0.15, -0.1) is 0 Å². The van der Waals surface area contributed by atoms with Crippen molar-refractivity contribution in [3.05, 3.63) is 59.1 Å². The van der Waals surface area contributed by atoms with Crippen LogP contribution in [0.1, 0.15) is 0 Å². The summed E-state index contributed by atoms with van der Waals surface area (Å²) in [6, 6.07) is 10.9. The van der Waals surface area contributed by atoms with E-state index in [1.165, 1.54) is 6.07 Å². The Bertz CT molecular complexity index is 713. The predicted octanol–water partition coefficient (Wildman–Crippen LogP) is 1.99. The zero-order valence-electron chi connectivity index (χ0n) is 8.92. The van der Waals surface area contributed by atoms with Crippen molar-refractivity contribution in [2.24, 2.45) is 0 Å². The molecule has 2 aromatic heterocycles. The first-order valence-corrected chi connectivity index (χ1v) is 5.24. The Morgan fingerprint density at radius 1 is 1.00 bits per heavy atom. The highest BCUT2D eigenvalue weighted by atomic mass is 16.1. The van der Waals surface area contributed by atoms with Crippen LogP contribution in [0.15, 0.2) is 53.6 Å². The third kappa shape index (κ3) is 1.80. The van der Waals surface area contributed by atoms with Crippen LogP contribution in [0.5, 0.6) is 0 Å². The SMILES string of the molecule is O=c1ccc(-c2cnc3ccccc3n2)c[nH]1. The molecular formula is C13H9N3O. The number of nitrogens with zero attached hydrogens (tertiary/aromatic N) is 2. The number of hydrogen-bond donors (Lipinski definition) is 1. The van der Waals surface area contributed by atoms with Gasteiger partial charge in [0.2, 0.25) is 5.56 Å². The van der Waals surface area contributed by atoms with Crippen LogP contribution in [0.2, 0.25) is 0 Å². The normalized spacial score (nSPS) is 10.6. The van der Waals surface area contributed by atoms with Gasteiger partial charge in [0.05, 0.1) is 22.9 Å². The number of benzene rings is 1. The molecule has 2 heterocycles. The summed E-state index contributed by atoms with van der Waals surface area (Å²) in [5.74, 6) is 0. The highest BCUT2D eigenvalue weighted by Crippen LogP contribution is 2.16. The van der Waals surface area contributed by atoms with Crippen molar-refractivity contribution >= 4 is 11.0 Å². The van der Waals surface area contributed by atoms with Crippen molar-refractivity contribution in [2.75, 3.05) is 0 Å². The van der Waals surface area contributed by atoms with Gasteiger partial charge in [-0.05, 0) is 18.2 Å². The van der Waals surface area contributed by atoms with Crippen molar-refractivity contribution < 1.29 is 0 Å². The number of nitrogens with one attached hydrogen (secondary N) is 1. The van der Waals surface area contributed by atoms with Gasteiger partial charge in [-0.2, -0.15) is 0 Å². The Hall–Kier alpha value is -2.49. The molecule has 0 aliphatic carbocycles. The lowest BCUT2D eigenvalue weighted by Crippen LogP contribution is -2.01. The molecule has 0 amide bonds. The molecule has 0 radical (unpaired) electrons. The molecule has 82 valence electrons. The standard InChI is InChI=1S/C13H9N3O/c17-13-6-5-9(7-15-13)12-8-14-10-3-1-2-4-11(10)16-12/h1-8H,(H,15,17). The van der Waals surface area contributed by atoms with Gasteiger partial charge in [-0.3, -0.25) is 9.78 Å². The first-order valence-electron chi connectivity index (χ1n) is 5.24. The summed E-state index contributed by atoms with van der Waals surface area (Å²) in [6.45, 7) is 0. The molecule has 0 aliphatic rings. The molecule has 0 atom stereocenters. The lowest BCUT2D eigenvalue weighted by atomic mass is 10.2. The summed E-state index contributed by atoms with van der Waals surface area (Å²) in [6.07, 6.45) is 3.34. The van der Waals surface area contributed by atoms with E-state index in [2.05, 4.69) is 15.0 Å². The molecule has 0 spiro atoms. The maximum Gasteiger partial charge on any atom is 0.247 e. The Kier molecular flexibility index (Phi) is 2.19. The van der Waals surface area contributed by atoms with Crippen LogP contribution in [0.25, 0.3) is 22.3 Å². The van der Waals surface area contributed by atoms with E-state index in [-0.39, 0.29) is 5.56 Å². The van der Waals surface area contributed by atoms with Gasteiger partial charge in [-0.25, -0.2) is 4.98 Å². The summed E-state index contributed by atoms with van der Waals surface area (Å²) in [7, 11) is 0. The van der Waals surface area contributed by atoms with E-state index in [9.17, 15) is 4.79 Å². The van der Waals surface area contributed by atoms with E-state index in [1.807, 2.05) is 24.3 Å². The van der Waals surface area contributed by atoms with Crippen molar-refractivity contribution in [3.8, 4) is 11.3 Å². The third-order valence-corrected chi connectivity index (χ3v) is 2.53. The molecule has 4 heteroatoms. The molecule has 0 fully saturated rings. The largest absolute Gasteiger partial charge is 0.328 e. The molecule has 17 heavy (non-hydrogen) atoms. The maximum absolute atomic E-state index is 11.0. The molecule has 1 N–H and O–H groups in total.